The maximum absolute atomic E-state index is 13.2. The zero-order valence-electron chi connectivity index (χ0n) is 28.5. The molecule has 4 rings (SSSR count). The minimum atomic E-state index is -1.29. The van der Waals surface area contributed by atoms with Gasteiger partial charge < -0.3 is 28.4 Å². The number of rotatable bonds is 19. The molecule has 50 heavy (non-hydrogen) atoms. The summed E-state index contributed by atoms with van der Waals surface area (Å²) in [5.41, 5.74) is 1.39. The molecule has 0 saturated carbocycles. The Morgan fingerprint density at radius 3 is 1.38 bits per heavy atom. The quantitative estimate of drug-likeness (QED) is 0.0572. The minimum Gasteiger partial charge on any atom is -0.455 e. The number of hydrogen-bond donors (Lipinski definition) is 0. The number of esters is 3. The van der Waals surface area contributed by atoms with E-state index in [2.05, 4.69) is 19.7 Å². The van der Waals surface area contributed by atoms with Crippen LogP contribution in [0.4, 0.5) is 0 Å². The Morgan fingerprint density at radius 2 is 1.00 bits per heavy atom. The van der Waals surface area contributed by atoms with Crippen LogP contribution >= 0.6 is 0 Å². The average Bonchev–Trinajstić information content (AvgIpc) is 3.15. The Labute approximate surface area is 294 Å². The third-order valence-corrected chi connectivity index (χ3v) is 8.29. The standard InChI is InChI=1S/C41H46O9/c1-5-8-26-34(42)48-37-33(47-40(45-4)39(50-36(44)28-10-7-3)38(37)49-35(43)27-9-6-2)29-46-41(30-20-14-11-15-21-30,31-22-16-12-17-23-31)32-24-18-13-19-25-32/h5-7,11-25,33,37-40H,1-3,8-10,26-29H2,4H3/t33-,37-,38+,39+,40+/m1/s1. The van der Waals surface area contributed by atoms with Gasteiger partial charge in [-0.1, -0.05) is 109 Å². The van der Waals surface area contributed by atoms with Crippen LogP contribution in [-0.4, -0.2) is 62.3 Å². The molecular formula is C41H46O9. The van der Waals surface area contributed by atoms with Crippen molar-refractivity contribution in [1.82, 2.24) is 0 Å². The first-order chi connectivity index (χ1) is 24.4. The van der Waals surface area contributed by atoms with Crippen LogP contribution in [0.3, 0.4) is 0 Å². The average molecular weight is 683 g/mol. The topological polar surface area (TPSA) is 107 Å². The Bertz CT molecular complexity index is 1440. The van der Waals surface area contributed by atoms with Gasteiger partial charge in [0.1, 0.15) is 11.7 Å². The summed E-state index contributed by atoms with van der Waals surface area (Å²) in [5.74, 6) is -1.77. The molecule has 0 aliphatic carbocycles. The largest absolute Gasteiger partial charge is 0.455 e. The fourth-order valence-corrected chi connectivity index (χ4v) is 5.87. The Balaban J connectivity index is 1.81. The molecular weight excluding hydrogens is 636 g/mol. The molecule has 0 N–H and O–H groups in total. The molecule has 9 heteroatoms. The predicted octanol–water partition coefficient (Wildman–Crippen LogP) is 7.00. The van der Waals surface area contributed by atoms with E-state index in [4.69, 9.17) is 28.4 Å². The van der Waals surface area contributed by atoms with Gasteiger partial charge in [0.2, 0.25) is 0 Å². The Kier molecular flexibility index (Phi) is 14.7. The fraction of sp³-hybridized carbons (Fsp3) is 0.341. The second-order valence-electron chi connectivity index (χ2n) is 11.7. The lowest BCUT2D eigenvalue weighted by atomic mass is 9.80. The molecule has 1 aliphatic heterocycles. The zero-order valence-corrected chi connectivity index (χ0v) is 28.5. The van der Waals surface area contributed by atoms with E-state index < -0.39 is 54.2 Å². The van der Waals surface area contributed by atoms with Crippen LogP contribution in [0.1, 0.15) is 55.2 Å². The van der Waals surface area contributed by atoms with Crippen LogP contribution in [0.15, 0.2) is 129 Å². The van der Waals surface area contributed by atoms with Gasteiger partial charge in [0, 0.05) is 26.4 Å². The van der Waals surface area contributed by atoms with E-state index in [1.165, 1.54) is 7.11 Å². The number of carbonyl (C=O) groups is 3. The summed E-state index contributed by atoms with van der Waals surface area (Å²) in [6.45, 7) is 10.9. The summed E-state index contributed by atoms with van der Waals surface area (Å²) < 4.78 is 37.0. The van der Waals surface area contributed by atoms with E-state index in [-0.39, 0.29) is 25.9 Å². The van der Waals surface area contributed by atoms with E-state index >= 15 is 0 Å². The normalized spacial score (nSPS) is 20.2. The molecule has 264 valence electrons. The van der Waals surface area contributed by atoms with Crippen LogP contribution in [0.5, 0.6) is 0 Å². The number of methoxy groups -OCH3 is 1. The van der Waals surface area contributed by atoms with Gasteiger partial charge in [-0.3, -0.25) is 14.4 Å². The van der Waals surface area contributed by atoms with Crippen molar-refractivity contribution >= 4 is 17.9 Å². The van der Waals surface area contributed by atoms with Gasteiger partial charge >= 0.3 is 17.9 Å². The monoisotopic (exact) mass is 682 g/mol. The number of ether oxygens (including phenoxy) is 6. The summed E-state index contributed by atoms with van der Waals surface area (Å²) in [4.78, 5) is 39.3. The van der Waals surface area contributed by atoms with Crippen molar-refractivity contribution in [1.29, 1.82) is 0 Å². The van der Waals surface area contributed by atoms with Gasteiger partial charge in [0.15, 0.2) is 24.6 Å². The molecule has 0 bridgehead atoms. The van der Waals surface area contributed by atoms with Crippen LogP contribution in [-0.2, 0) is 48.4 Å². The third-order valence-electron chi connectivity index (χ3n) is 8.29. The second kappa shape index (κ2) is 19.4. The zero-order chi connectivity index (χ0) is 35.8. The van der Waals surface area contributed by atoms with Gasteiger partial charge in [-0.15, -0.1) is 19.7 Å². The molecule has 3 aromatic rings. The Morgan fingerprint density at radius 1 is 0.620 bits per heavy atom. The van der Waals surface area contributed by atoms with Gasteiger partial charge in [-0.25, -0.2) is 0 Å². The molecule has 0 unspecified atom stereocenters. The molecule has 1 heterocycles. The highest BCUT2D eigenvalue weighted by atomic mass is 16.7. The third kappa shape index (κ3) is 9.65. The number of benzene rings is 3. The fourth-order valence-electron chi connectivity index (χ4n) is 5.87. The molecule has 0 aromatic heterocycles. The van der Waals surface area contributed by atoms with Crippen LogP contribution in [0.25, 0.3) is 0 Å². The lowest BCUT2D eigenvalue weighted by Gasteiger charge is -2.45. The molecule has 1 fully saturated rings. The van der Waals surface area contributed by atoms with E-state index in [1.54, 1.807) is 18.2 Å². The molecule has 1 saturated heterocycles. The first kappa shape index (κ1) is 38.0. The second-order valence-corrected chi connectivity index (χ2v) is 11.7. The van der Waals surface area contributed by atoms with Gasteiger partial charge in [-0.2, -0.15) is 0 Å². The van der Waals surface area contributed by atoms with Crippen molar-refractivity contribution < 1.29 is 42.8 Å². The van der Waals surface area contributed by atoms with Crippen molar-refractivity contribution in [3.8, 4) is 0 Å². The highest BCUT2D eigenvalue weighted by molar-refractivity contribution is 5.72. The molecule has 0 radical (unpaired) electrons. The Hall–Kier alpha value is -4.83. The van der Waals surface area contributed by atoms with E-state index in [0.717, 1.165) is 16.7 Å². The van der Waals surface area contributed by atoms with Crippen molar-refractivity contribution in [2.24, 2.45) is 0 Å². The number of hydrogen-bond acceptors (Lipinski definition) is 9. The van der Waals surface area contributed by atoms with Gasteiger partial charge in [0.05, 0.1) is 6.61 Å². The maximum Gasteiger partial charge on any atom is 0.306 e. The first-order valence-corrected chi connectivity index (χ1v) is 16.8. The van der Waals surface area contributed by atoms with Crippen LogP contribution < -0.4 is 0 Å². The number of carbonyl (C=O) groups excluding carboxylic acids is 3. The summed E-state index contributed by atoms with van der Waals surface area (Å²) in [5, 5.41) is 0. The lowest BCUT2D eigenvalue weighted by Crippen LogP contribution is -2.63. The van der Waals surface area contributed by atoms with Crippen molar-refractivity contribution in [3.05, 3.63) is 146 Å². The predicted molar refractivity (Wildman–Crippen MR) is 189 cm³/mol. The summed E-state index contributed by atoms with van der Waals surface area (Å²) in [6.07, 6.45) is -0.125. The van der Waals surface area contributed by atoms with Crippen molar-refractivity contribution in [2.75, 3.05) is 13.7 Å². The van der Waals surface area contributed by atoms with Gasteiger partial charge in [0.25, 0.3) is 0 Å². The molecule has 3 aromatic carbocycles. The minimum absolute atomic E-state index is 0.00701. The lowest BCUT2D eigenvalue weighted by molar-refractivity contribution is -0.306. The van der Waals surface area contributed by atoms with Crippen LogP contribution in [0, 0.1) is 0 Å². The van der Waals surface area contributed by atoms with E-state index in [0.29, 0.717) is 19.3 Å². The summed E-state index contributed by atoms with van der Waals surface area (Å²) >= 11 is 0. The highest BCUT2D eigenvalue weighted by Crippen LogP contribution is 2.41. The first-order valence-electron chi connectivity index (χ1n) is 16.8. The van der Waals surface area contributed by atoms with Gasteiger partial charge in [-0.05, 0) is 36.0 Å². The molecule has 0 spiro atoms. The molecule has 1 aliphatic rings. The highest BCUT2D eigenvalue weighted by Gasteiger charge is 2.53. The maximum atomic E-state index is 13.2. The SMILES string of the molecule is C=CCCC(=O)O[C@@H]1[C@H](OC(=O)CCC=C)[C@@H](OC)O[C@H](COC(c2ccccc2)(c2ccccc2)c2ccccc2)[C@H]1OC(=O)CCC=C. The molecule has 9 nitrogen and oxygen atoms in total. The van der Waals surface area contributed by atoms with E-state index in [9.17, 15) is 14.4 Å². The smallest absolute Gasteiger partial charge is 0.306 e. The number of allylic oxidation sites excluding steroid dienone is 3. The van der Waals surface area contributed by atoms with Crippen LogP contribution in [0.2, 0.25) is 0 Å². The van der Waals surface area contributed by atoms with Crippen molar-refractivity contribution in [2.45, 2.75) is 74.8 Å². The summed E-state index contributed by atoms with van der Waals surface area (Å²) in [6, 6.07) is 29.3. The van der Waals surface area contributed by atoms with E-state index in [1.807, 2.05) is 91.0 Å². The summed E-state index contributed by atoms with van der Waals surface area (Å²) in [7, 11) is 1.39. The molecule has 5 atom stereocenters. The van der Waals surface area contributed by atoms with Crippen molar-refractivity contribution in [3.63, 3.8) is 0 Å². The molecule has 0 amide bonds.